The van der Waals surface area contributed by atoms with Crippen LogP contribution < -0.4 is 10.2 Å². The van der Waals surface area contributed by atoms with Crippen LogP contribution in [0.25, 0.3) is 10.9 Å². The highest BCUT2D eigenvalue weighted by Gasteiger charge is 2.28. The molecule has 98 valence electrons. The van der Waals surface area contributed by atoms with Gasteiger partial charge in [-0.1, -0.05) is 6.07 Å². The number of aromatic nitrogens is 1. The molecule has 0 spiro atoms. The van der Waals surface area contributed by atoms with Crippen molar-refractivity contribution in [2.45, 2.75) is 19.6 Å². The lowest BCUT2D eigenvalue weighted by atomic mass is 10.1. The van der Waals surface area contributed by atoms with Crippen molar-refractivity contribution in [2.75, 3.05) is 6.61 Å². The van der Waals surface area contributed by atoms with E-state index in [4.69, 9.17) is 9.47 Å². The monoisotopic (exact) mass is 259 g/mol. The van der Waals surface area contributed by atoms with E-state index < -0.39 is 6.10 Å². The molecule has 0 saturated heterocycles. The van der Waals surface area contributed by atoms with Crippen molar-refractivity contribution >= 4 is 16.9 Å². The molecule has 3 rings (SSSR count). The summed E-state index contributed by atoms with van der Waals surface area (Å²) in [6.45, 7) is 2.43. The molecule has 0 fully saturated rings. The van der Waals surface area contributed by atoms with Crippen LogP contribution in [0.5, 0.6) is 5.75 Å². The minimum atomic E-state index is -0.666. The Morgan fingerprint density at radius 2 is 2.32 bits per heavy atom. The van der Waals surface area contributed by atoms with E-state index in [-0.39, 0.29) is 11.4 Å². The van der Waals surface area contributed by atoms with Crippen LogP contribution in [-0.2, 0) is 16.1 Å². The predicted octanol–water partition coefficient (Wildman–Crippen LogP) is 1.33. The van der Waals surface area contributed by atoms with E-state index >= 15 is 0 Å². The average Bonchev–Trinajstić information content (AvgIpc) is 2.43. The van der Waals surface area contributed by atoms with Crippen molar-refractivity contribution in [3.63, 3.8) is 0 Å². The van der Waals surface area contributed by atoms with E-state index in [9.17, 15) is 9.59 Å². The smallest absolute Gasteiger partial charge is 0.349 e. The van der Waals surface area contributed by atoms with Crippen molar-refractivity contribution in [1.82, 2.24) is 4.57 Å². The van der Waals surface area contributed by atoms with Gasteiger partial charge in [-0.05, 0) is 19.1 Å². The Labute approximate surface area is 109 Å². The summed E-state index contributed by atoms with van der Waals surface area (Å²) in [5.41, 5.74) is 0.682. The number of pyridine rings is 1. The molecule has 1 aliphatic heterocycles. The van der Waals surface area contributed by atoms with Crippen molar-refractivity contribution in [3.8, 4) is 5.75 Å². The molecule has 0 radical (unpaired) electrons. The van der Waals surface area contributed by atoms with Gasteiger partial charge in [-0.2, -0.15) is 0 Å². The number of hydrogen-bond acceptors (Lipinski definition) is 4. The summed E-state index contributed by atoms with van der Waals surface area (Å²) in [5, 5.41) is 0.599. The van der Waals surface area contributed by atoms with E-state index in [2.05, 4.69) is 0 Å². The minimum absolute atomic E-state index is 0.0497. The van der Waals surface area contributed by atoms with Gasteiger partial charge in [-0.15, -0.1) is 0 Å². The van der Waals surface area contributed by atoms with Gasteiger partial charge in [0.1, 0.15) is 5.75 Å². The number of carbonyl (C=O) groups is 1. The normalized spacial score (nSPS) is 17.0. The van der Waals surface area contributed by atoms with E-state index in [0.717, 1.165) is 5.52 Å². The molecule has 5 nitrogen and oxygen atoms in total. The van der Waals surface area contributed by atoms with Crippen LogP contribution in [0.1, 0.15) is 6.92 Å². The van der Waals surface area contributed by atoms with Gasteiger partial charge in [0.2, 0.25) is 6.10 Å². The van der Waals surface area contributed by atoms with Gasteiger partial charge in [-0.25, -0.2) is 4.79 Å². The van der Waals surface area contributed by atoms with E-state index in [1.807, 2.05) is 4.57 Å². The van der Waals surface area contributed by atoms with Gasteiger partial charge in [0, 0.05) is 17.6 Å². The molecule has 5 heteroatoms. The molecular weight excluding hydrogens is 246 g/mol. The molecule has 1 aliphatic rings. The zero-order chi connectivity index (χ0) is 13.4. The maximum atomic E-state index is 11.8. The maximum Gasteiger partial charge on any atom is 0.349 e. The lowest BCUT2D eigenvalue weighted by molar-refractivity contribution is -0.152. The molecule has 2 heterocycles. The summed E-state index contributed by atoms with van der Waals surface area (Å²) >= 11 is 0. The number of hydrogen-bond donors (Lipinski definition) is 0. The maximum absolute atomic E-state index is 11.8. The third kappa shape index (κ3) is 1.87. The summed E-state index contributed by atoms with van der Waals surface area (Å²) in [4.78, 5) is 23.6. The lowest BCUT2D eigenvalue weighted by Crippen LogP contribution is -2.37. The molecule has 0 saturated carbocycles. The largest absolute Gasteiger partial charge is 0.475 e. The third-order valence-electron chi connectivity index (χ3n) is 3.14. The van der Waals surface area contributed by atoms with E-state index in [1.54, 1.807) is 31.3 Å². The topological polar surface area (TPSA) is 57.5 Å². The van der Waals surface area contributed by atoms with Gasteiger partial charge < -0.3 is 14.0 Å². The second kappa shape index (κ2) is 4.42. The van der Waals surface area contributed by atoms with Crippen LogP contribution in [0.4, 0.5) is 0 Å². The van der Waals surface area contributed by atoms with Crippen LogP contribution >= 0.6 is 0 Å². The third-order valence-corrected chi connectivity index (χ3v) is 3.14. The van der Waals surface area contributed by atoms with Crippen molar-refractivity contribution < 1.29 is 14.3 Å². The predicted molar refractivity (Wildman–Crippen MR) is 69.3 cm³/mol. The first-order valence-corrected chi connectivity index (χ1v) is 6.16. The van der Waals surface area contributed by atoms with Crippen LogP contribution in [0.15, 0.2) is 35.3 Å². The standard InChI is InChI=1S/C14H13NO4/c1-2-18-14(17)12-8-15-7-6-10(16)9-4-3-5-11(19-12)13(9)15/h3-7,12H,2,8H2,1H3. The zero-order valence-corrected chi connectivity index (χ0v) is 10.5. The lowest BCUT2D eigenvalue weighted by Gasteiger charge is -2.26. The van der Waals surface area contributed by atoms with Crippen LogP contribution in [0.3, 0.4) is 0 Å². The van der Waals surface area contributed by atoms with Crippen LogP contribution in [0, 0.1) is 0 Å². The van der Waals surface area contributed by atoms with Crippen molar-refractivity contribution in [1.29, 1.82) is 0 Å². The Kier molecular flexibility index (Phi) is 2.74. The van der Waals surface area contributed by atoms with Gasteiger partial charge in [0.25, 0.3) is 0 Å². The van der Waals surface area contributed by atoms with Crippen molar-refractivity contribution in [3.05, 3.63) is 40.7 Å². The molecular formula is C14H13NO4. The number of rotatable bonds is 2. The fourth-order valence-electron chi connectivity index (χ4n) is 2.31. The highest BCUT2D eigenvalue weighted by Crippen LogP contribution is 2.28. The highest BCUT2D eigenvalue weighted by atomic mass is 16.6. The number of nitrogens with zero attached hydrogens (tertiary/aromatic N) is 1. The number of benzene rings is 1. The number of carbonyl (C=O) groups excluding carboxylic acids is 1. The van der Waals surface area contributed by atoms with E-state index in [1.165, 1.54) is 6.07 Å². The molecule has 0 amide bonds. The molecule has 1 aromatic heterocycles. The first-order valence-electron chi connectivity index (χ1n) is 6.16. The SMILES string of the molecule is CCOC(=O)C1Cn2ccc(=O)c3cccc(c32)O1. The Bertz CT molecular complexity index is 692. The van der Waals surface area contributed by atoms with Gasteiger partial charge >= 0.3 is 5.97 Å². The van der Waals surface area contributed by atoms with Crippen LogP contribution in [-0.4, -0.2) is 23.2 Å². The fourth-order valence-corrected chi connectivity index (χ4v) is 2.31. The van der Waals surface area contributed by atoms with Crippen LogP contribution in [0.2, 0.25) is 0 Å². The molecule has 0 N–H and O–H groups in total. The number of esters is 1. The fraction of sp³-hybridized carbons (Fsp3) is 0.286. The molecule has 0 aliphatic carbocycles. The number of ether oxygens (including phenoxy) is 2. The Morgan fingerprint density at radius 3 is 3.11 bits per heavy atom. The first-order chi connectivity index (χ1) is 9.20. The number of para-hydroxylation sites is 1. The Balaban J connectivity index is 2.09. The first kappa shape index (κ1) is 11.8. The van der Waals surface area contributed by atoms with Gasteiger partial charge in [-0.3, -0.25) is 4.79 Å². The molecule has 2 aromatic rings. The molecule has 1 unspecified atom stereocenters. The summed E-state index contributed by atoms with van der Waals surface area (Å²) in [6.07, 6.45) is 1.02. The second-order valence-corrected chi connectivity index (χ2v) is 4.34. The average molecular weight is 259 g/mol. The molecule has 1 atom stereocenters. The summed E-state index contributed by atoms with van der Waals surface area (Å²) in [6, 6.07) is 6.76. The van der Waals surface area contributed by atoms with Crippen molar-refractivity contribution in [2.24, 2.45) is 0 Å². The van der Waals surface area contributed by atoms with Gasteiger partial charge in [0.15, 0.2) is 5.43 Å². The minimum Gasteiger partial charge on any atom is -0.475 e. The summed E-state index contributed by atoms with van der Waals surface area (Å²) < 4.78 is 12.5. The summed E-state index contributed by atoms with van der Waals surface area (Å²) in [5.74, 6) is 0.156. The molecule has 1 aromatic carbocycles. The van der Waals surface area contributed by atoms with Gasteiger partial charge in [0.05, 0.1) is 18.7 Å². The second-order valence-electron chi connectivity index (χ2n) is 4.34. The Morgan fingerprint density at radius 1 is 1.47 bits per heavy atom. The molecule has 0 bridgehead atoms. The zero-order valence-electron chi connectivity index (χ0n) is 10.5. The Hall–Kier alpha value is -2.30. The quantitative estimate of drug-likeness (QED) is 0.763. The van der Waals surface area contributed by atoms with E-state index in [0.29, 0.717) is 24.3 Å². The summed E-state index contributed by atoms with van der Waals surface area (Å²) in [7, 11) is 0. The molecule has 19 heavy (non-hydrogen) atoms. The highest BCUT2D eigenvalue weighted by molar-refractivity contribution is 5.86.